The van der Waals surface area contributed by atoms with Crippen molar-refractivity contribution in [2.24, 2.45) is 0 Å². The fourth-order valence-corrected chi connectivity index (χ4v) is 4.22. The Hall–Kier alpha value is -3.64. The largest absolute Gasteiger partial charge is 0.456 e. The zero-order valence-corrected chi connectivity index (χ0v) is 21.1. The van der Waals surface area contributed by atoms with E-state index in [4.69, 9.17) is 39.5 Å². The molecule has 36 heavy (non-hydrogen) atoms. The van der Waals surface area contributed by atoms with Gasteiger partial charge in [-0.05, 0) is 71.8 Å². The number of hydrogen-bond acceptors (Lipinski definition) is 3. The summed E-state index contributed by atoms with van der Waals surface area (Å²) in [6, 6.07) is 29.0. The maximum Gasteiger partial charge on any atom is 0.340 e. The highest BCUT2D eigenvalue weighted by Gasteiger charge is 2.27. The minimum Gasteiger partial charge on any atom is -0.456 e. The Bertz CT molecular complexity index is 1360. The summed E-state index contributed by atoms with van der Waals surface area (Å²) in [7, 11) is 0. The summed E-state index contributed by atoms with van der Waals surface area (Å²) in [6.07, 6.45) is 0. The number of amides is 2. The first-order valence-corrected chi connectivity index (χ1v) is 12.2. The third kappa shape index (κ3) is 5.44. The van der Waals surface area contributed by atoms with E-state index in [0.717, 1.165) is 22.4 Å². The summed E-state index contributed by atoms with van der Waals surface area (Å²) in [5.74, 6) is 1.17. The second-order valence-corrected chi connectivity index (χ2v) is 9.33. The number of hydrazine groups is 1. The minimum absolute atomic E-state index is 0.301. The van der Waals surface area contributed by atoms with Gasteiger partial charge in [-0.3, -0.25) is 5.43 Å². The molecule has 180 valence electrons. The van der Waals surface area contributed by atoms with E-state index in [9.17, 15) is 4.79 Å². The van der Waals surface area contributed by atoms with Crippen LogP contribution in [0.1, 0.15) is 11.1 Å². The first kappa shape index (κ1) is 24.1. The van der Waals surface area contributed by atoms with E-state index in [2.05, 4.69) is 10.7 Å². The molecule has 0 atom stereocenters. The molecule has 0 saturated heterocycles. The summed E-state index contributed by atoms with van der Waals surface area (Å²) in [4.78, 5) is 13.1. The molecule has 2 N–H and O–H groups in total. The van der Waals surface area contributed by atoms with Crippen LogP contribution in [0.25, 0.3) is 11.3 Å². The van der Waals surface area contributed by atoms with Gasteiger partial charge in [0.05, 0.1) is 17.3 Å². The number of para-hydroxylation sites is 1. The van der Waals surface area contributed by atoms with Crippen molar-refractivity contribution in [3.63, 3.8) is 0 Å². The van der Waals surface area contributed by atoms with Gasteiger partial charge in [0.15, 0.2) is 0 Å². The predicted octanol–water partition coefficient (Wildman–Crippen LogP) is 8.36. The molecule has 0 radical (unpaired) electrons. The molecule has 4 aromatic rings. The second kappa shape index (κ2) is 10.5. The van der Waals surface area contributed by atoms with Gasteiger partial charge in [-0.15, -0.1) is 0 Å². The molecule has 0 unspecified atom stereocenters. The Labute approximate surface area is 223 Å². The zero-order chi connectivity index (χ0) is 25.1. The van der Waals surface area contributed by atoms with Crippen molar-refractivity contribution in [3.8, 4) is 11.5 Å². The maximum absolute atomic E-state index is 13.1. The van der Waals surface area contributed by atoms with E-state index in [-0.39, 0.29) is 6.03 Å². The quantitative estimate of drug-likeness (QED) is 0.269. The third-order valence-corrected chi connectivity index (χ3v) is 6.42. The molecule has 5 rings (SSSR count). The Morgan fingerprint density at radius 2 is 1.39 bits per heavy atom. The number of hydrogen-bond donors (Lipinski definition) is 2. The van der Waals surface area contributed by atoms with E-state index in [0.29, 0.717) is 38.8 Å². The van der Waals surface area contributed by atoms with Crippen molar-refractivity contribution < 1.29 is 9.53 Å². The van der Waals surface area contributed by atoms with Gasteiger partial charge in [0.2, 0.25) is 0 Å². The molecule has 0 aliphatic carbocycles. The molecule has 1 aliphatic rings. The molecule has 0 bridgehead atoms. The van der Waals surface area contributed by atoms with Gasteiger partial charge in [-0.1, -0.05) is 71.2 Å². The number of anilines is 1. The van der Waals surface area contributed by atoms with Crippen LogP contribution in [0.2, 0.25) is 15.1 Å². The lowest BCUT2D eigenvalue weighted by molar-refractivity contribution is 0.210. The molecule has 8 heteroatoms. The topological polar surface area (TPSA) is 53.6 Å². The molecule has 0 spiro atoms. The summed E-state index contributed by atoms with van der Waals surface area (Å²) < 4.78 is 5.82. The number of ether oxygens (including phenoxy) is 1. The molecular formula is C28H20Cl3N3O2. The number of carbonyl (C=O) groups is 1. The summed E-state index contributed by atoms with van der Waals surface area (Å²) in [5.41, 5.74) is 7.55. The van der Waals surface area contributed by atoms with E-state index >= 15 is 0 Å². The number of halogens is 3. The van der Waals surface area contributed by atoms with Crippen LogP contribution in [0, 0.1) is 0 Å². The number of urea groups is 1. The lowest BCUT2D eigenvalue weighted by Gasteiger charge is -2.19. The Morgan fingerprint density at radius 1 is 0.778 bits per heavy atom. The smallest absolute Gasteiger partial charge is 0.340 e. The predicted molar refractivity (Wildman–Crippen MR) is 147 cm³/mol. The molecule has 1 aliphatic heterocycles. The molecule has 1 heterocycles. The van der Waals surface area contributed by atoms with Crippen LogP contribution in [0.5, 0.6) is 11.5 Å². The fourth-order valence-electron chi connectivity index (χ4n) is 3.80. The van der Waals surface area contributed by atoms with Crippen molar-refractivity contribution in [2.45, 2.75) is 0 Å². The van der Waals surface area contributed by atoms with Crippen LogP contribution in [0.4, 0.5) is 10.5 Å². The average molecular weight is 537 g/mol. The van der Waals surface area contributed by atoms with Crippen LogP contribution in [-0.2, 0) is 0 Å². The van der Waals surface area contributed by atoms with Crippen LogP contribution in [-0.4, -0.2) is 17.6 Å². The third-order valence-electron chi connectivity index (χ3n) is 5.61. The number of rotatable bonds is 5. The highest BCUT2D eigenvalue weighted by molar-refractivity contribution is 6.32. The van der Waals surface area contributed by atoms with Crippen molar-refractivity contribution in [3.05, 3.63) is 123 Å². The van der Waals surface area contributed by atoms with E-state index in [1.807, 2.05) is 60.7 Å². The minimum atomic E-state index is -0.301. The first-order chi connectivity index (χ1) is 17.5. The second-order valence-electron chi connectivity index (χ2n) is 8.05. The molecule has 5 nitrogen and oxygen atoms in total. The molecule has 4 aromatic carbocycles. The van der Waals surface area contributed by atoms with Crippen LogP contribution in [0.15, 0.2) is 97.1 Å². The molecule has 0 saturated carbocycles. The Kier molecular flexibility index (Phi) is 7.05. The maximum atomic E-state index is 13.1. The molecule has 2 amide bonds. The number of carbonyl (C=O) groups excluding carboxylic acids is 1. The summed E-state index contributed by atoms with van der Waals surface area (Å²) >= 11 is 18.3. The Morgan fingerprint density at radius 3 is 2.03 bits per heavy atom. The van der Waals surface area contributed by atoms with Gasteiger partial charge >= 0.3 is 6.03 Å². The highest BCUT2D eigenvalue weighted by Crippen LogP contribution is 2.32. The van der Waals surface area contributed by atoms with E-state index < -0.39 is 0 Å². The monoisotopic (exact) mass is 535 g/mol. The zero-order valence-electron chi connectivity index (χ0n) is 18.8. The van der Waals surface area contributed by atoms with Crippen LogP contribution in [0.3, 0.4) is 0 Å². The SMILES string of the molecule is O=C(Nc1ccc(Oc2ccccc2Cl)cc1)N1CC(c2ccc(Cl)cc2)=C(c2ccc(Cl)cc2)N1. The van der Waals surface area contributed by atoms with Crippen LogP contribution < -0.4 is 15.5 Å². The molecular weight excluding hydrogens is 517 g/mol. The van der Waals surface area contributed by atoms with Gasteiger partial charge in [0.25, 0.3) is 0 Å². The van der Waals surface area contributed by atoms with Crippen molar-refractivity contribution in [2.75, 3.05) is 11.9 Å². The van der Waals surface area contributed by atoms with Crippen molar-refractivity contribution in [1.29, 1.82) is 0 Å². The number of benzene rings is 4. The van der Waals surface area contributed by atoms with Gasteiger partial charge < -0.3 is 10.1 Å². The highest BCUT2D eigenvalue weighted by atomic mass is 35.5. The molecule has 0 aromatic heterocycles. The lowest BCUT2D eigenvalue weighted by atomic mass is 10.0. The lowest BCUT2D eigenvalue weighted by Crippen LogP contribution is -2.40. The van der Waals surface area contributed by atoms with Crippen molar-refractivity contribution in [1.82, 2.24) is 10.4 Å². The molecule has 0 fully saturated rings. The average Bonchev–Trinajstić information content (AvgIpc) is 3.33. The first-order valence-electron chi connectivity index (χ1n) is 11.1. The number of nitrogens with one attached hydrogen (secondary N) is 2. The fraction of sp³-hybridized carbons (Fsp3) is 0.0357. The van der Waals surface area contributed by atoms with E-state index in [1.165, 1.54) is 5.01 Å². The van der Waals surface area contributed by atoms with Gasteiger partial charge in [0, 0.05) is 21.3 Å². The normalized spacial score (nSPS) is 12.9. The van der Waals surface area contributed by atoms with Gasteiger partial charge in [0.1, 0.15) is 11.5 Å². The summed E-state index contributed by atoms with van der Waals surface area (Å²) in [6.45, 7) is 0.360. The van der Waals surface area contributed by atoms with Gasteiger partial charge in [-0.25, -0.2) is 9.80 Å². The Balaban J connectivity index is 1.31. The van der Waals surface area contributed by atoms with E-state index in [1.54, 1.807) is 36.4 Å². The van der Waals surface area contributed by atoms with Gasteiger partial charge in [-0.2, -0.15) is 0 Å². The standard InChI is InChI=1S/C28H20Cl3N3O2/c29-20-9-5-18(6-10-20)24-17-34(33-27(24)19-7-11-21(30)12-8-19)28(35)32-22-13-15-23(16-14-22)36-26-4-2-1-3-25(26)31/h1-16,33H,17H2,(H,32,35). The van der Waals surface area contributed by atoms with Crippen molar-refractivity contribution >= 4 is 57.8 Å². The number of nitrogens with zero attached hydrogens (tertiary/aromatic N) is 1. The summed E-state index contributed by atoms with van der Waals surface area (Å²) in [5, 5.41) is 6.26. The van der Waals surface area contributed by atoms with Crippen LogP contribution >= 0.6 is 34.8 Å².